The molecule has 21 heavy (non-hydrogen) atoms. The lowest BCUT2D eigenvalue weighted by molar-refractivity contribution is -0.144. The van der Waals surface area contributed by atoms with Crippen molar-refractivity contribution in [1.29, 1.82) is 0 Å². The van der Waals surface area contributed by atoms with Crippen molar-refractivity contribution in [3.05, 3.63) is 0 Å². The fourth-order valence-corrected chi connectivity index (χ4v) is 2.31. The van der Waals surface area contributed by atoms with Gasteiger partial charge >= 0.3 is 11.9 Å². The van der Waals surface area contributed by atoms with Gasteiger partial charge in [0.15, 0.2) is 0 Å². The van der Waals surface area contributed by atoms with Gasteiger partial charge in [-0.3, -0.25) is 9.59 Å². The number of carbonyl (C=O) groups excluding carboxylic acids is 2. The van der Waals surface area contributed by atoms with Crippen molar-refractivity contribution in [3.63, 3.8) is 0 Å². The van der Waals surface area contributed by atoms with E-state index in [0.717, 1.165) is 6.42 Å². The topological polar surface area (TPSA) is 92.7 Å². The van der Waals surface area contributed by atoms with Crippen molar-refractivity contribution in [3.8, 4) is 0 Å². The van der Waals surface area contributed by atoms with Gasteiger partial charge in [-0.15, -0.1) is 0 Å². The van der Waals surface area contributed by atoms with E-state index in [1.807, 2.05) is 6.92 Å². The molecule has 6 heteroatoms. The molecule has 0 aliphatic heterocycles. The van der Waals surface area contributed by atoms with Crippen LogP contribution in [0.15, 0.2) is 0 Å². The van der Waals surface area contributed by atoms with Gasteiger partial charge in [0.05, 0.1) is 7.11 Å². The van der Waals surface area contributed by atoms with Crippen LogP contribution in [0, 0.1) is 11.3 Å². The summed E-state index contributed by atoms with van der Waals surface area (Å²) in [4.78, 5) is 34.0. The van der Waals surface area contributed by atoms with Crippen LogP contribution >= 0.6 is 0 Å². The Kier molecular flexibility index (Phi) is 7.99. The van der Waals surface area contributed by atoms with Gasteiger partial charge in [-0.25, -0.2) is 4.79 Å². The zero-order valence-corrected chi connectivity index (χ0v) is 13.6. The Morgan fingerprint density at radius 1 is 1.24 bits per heavy atom. The summed E-state index contributed by atoms with van der Waals surface area (Å²) in [7, 11) is 1.24. The lowest BCUT2D eigenvalue weighted by Gasteiger charge is -2.23. The number of rotatable bonds is 8. The molecule has 6 nitrogen and oxygen atoms in total. The average molecular weight is 301 g/mol. The van der Waals surface area contributed by atoms with E-state index in [1.165, 1.54) is 7.11 Å². The van der Waals surface area contributed by atoms with E-state index in [1.54, 1.807) is 0 Å². The van der Waals surface area contributed by atoms with Gasteiger partial charge in [-0.05, 0) is 24.2 Å². The zero-order chi connectivity index (χ0) is 16.6. The third kappa shape index (κ3) is 9.87. The molecule has 122 valence electrons. The number of amides is 1. The van der Waals surface area contributed by atoms with Crippen molar-refractivity contribution in [1.82, 2.24) is 5.32 Å². The number of hydrogen-bond acceptors (Lipinski definition) is 4. The first-order valence-electron chi connectivity index (χ1n) is 7.14. The molecule has 0 saturated carbocycles. The largest absolute Gasteiger partial charge is 0.480 e. The van der Waals surface area contributed by atoms with Crippen LogP contribution < -0.4 is 5.32 Å². The zero-order valence-electron chi connectivity index (χ0n) is 13.6. The number of aliphatic carboxylic acids is 1. The number of esters is 1. The summed E-state index contributed by atoms with van der Waals surface area (Å²) in [6.07, 6.45) is 1.15. The molecule has 0 aromatic carbocycles. The molecule has 0 fully saturated rings. The average Bonchev–Trinajstić information content (AvgIpc) is 2.30. The molecule has 1 amide bonds. The lowest BCUT2D eigenvalue weighted by Crippen LogP contribution is -2.41. The number of ether oxygens (including phenoxy) is 1. The Hall–Kier alpha value is -1.59. The predicted molar refractivity (Wildman–Crippen MR) is 78.7 cm³/mol. The summed E-state index contributed by atoms with van der Waals surface area (Å²) in [5.74, 6) is -1.77. The highest BCUT2D eigenvalue weighted by atomic mass is 16.5. The van der Waals surface area contributed by atoms with Crippen LogP contribution in [-0.2, 0) is 19.1 Å². The maximum Gasteiger partial charge on any atom is 0.326 e. The van der Waals surface area contributed by atoms with E-state index >= 15 is 0 Å². The summed E-state index contributed by atoms with van der Waals surface area (Å²) in [6.45, 7) is 8.25. The van der Waals surface area contributed by atoms with Gasteiger partial charge in [-0.1, -0.05) is 27.7 Å². The molecular formula is C15H27NO5. The minimum atomic E-state index is -1.14. The third-order valence-electron chi connectivity index (χ3n) is 2.99. The normalized spacial score (nSPS) is 14.1. The standard InChI is InChI=1S/C15H27NO5/c1-10(9-15(2,3)4)8-12(17)16-11(14(19)20)6-7-13(18)21-5/h10-11H,6-9H2,1-5H3,(H,16,17)(H,19,20)/t10?,11-/m0/s1. The first-order valence-corrected chi connectivity index (χ1v) is 7.14. The molecule has 0 bridgehead atoms. The number of hydrogen-bond donors (Lipinski definition) is 2. The highest BCUT2D eigenvalue weighted by Crippen LogP contribution is 2.25. The van der Waals surface area contributed by atoms with Gasteiger partial charge in [-0.2, -0.15) is 0 Å². The molecule has 0 heterocycles. The van der Waals surface area contributed by atoms with Crippen molar-refractivity contribution in [2.24, 2.45) is 11.3 Å². The van der Waals surface area contributed by atoms with Gasteiger partial charge < -0.3 is 15.2 Å². The SMILES string of the molecule is COC(=O)CC[C@H](NC(=O)CC(C)CC(C)(C)C)C(=O)O. The summed E-state index contributed by atoms with van der Waals surface area (Å²) in [5.41, 5.74) is 0.122. The van der Waals surface area contributed by atoms with E-state index in [2.05, 4.69) is 30.8 Å². The fourth-order valence-electron chi connectivity index (χ4n) is 2.31. The summed E-state index contributed by atoms with van der Waals surface area (Å²) < 4.78 is 4.46. The van der Waals surface area contributed by atoms with Gasteiger partial charge in [0.1, 0.15) is 6.04 Å². The highest BCUT2D eigenvalue weighted by Gasteiger charge is 2.23. The number of methoxy groups -OCH3 is 1. The maximum atomic E-state index is 11.9. The second-order valence-electron chi connectivity index (χ2n) is 6.65. The van der Waals surface area contributed by atoms with E-state index in [0.29, 0.717) is 0 Å². The van der Waals surface area contributed by atoms with Crippen molar-refractivity contribution in [2.75, 3.05) is 7.11 Å². The predicted octanol–water partition coefficient (Wildman–Crippen LogP) is 1.97. The second kappa shape index (κ2) is 8.64. The second-order valence-corrected chi connectivity index (χ2v) is 6.65. The molecule has 2 atom stereocenters. The lowest BCUT2D eigenvalue weighted by atomic mass is 9.84. The van der Waals surface area contributed by atoms with Gasteiger partial charge in [0.25, 0.3) is 0 Å². The first kappa shape index (κ1) is 19.4. The molecule has 0 radical (unpaired) electrons. The molecule has 0 aromatic rings. The Labute approximate surface area is 126 Å². The molecule has 0 aliphatic carbocycles. The fraction of sp³-hybridized carbons (Fsp3) is 0.800. The highest BCUT2D eigenvalue weighted by molar-refractivity contribution is 5.84. The third-order valence-corrected chi connectivity index (χ3v) is 2.99. The van der Waals surface area contributed by atoms with E-state index in [-0.39, 0.29) is 36.5 Å². The van der Waals surface area contributed by atoms with Crippen molar-refractivity contribution >= 4 is 17.8 Å². The van der Waals surface area contributed by atoms with Crippen molar-refractivity contribution in [2.45, 2.75) is 59.4 Å². The van der Waals surface area contributed by atoms with Crippen molar-refractivity contribution < 1.29 is 24.2 Å². The number of carboxylic acids is 1. The maximum absolute atomic E-state index is 11.9. The molecule has 1 unspecified atom stereocenters. The quantitative estimate of drug-likeness (QED) is 0.669. The summed E-state index contributed by atoms with van der Waals surface area (Å²) in [5, 5.41) is 11.5. The van der Waals surface area contributed by atoms with Crippen LogP contribution in [0.1, 0.15) is 53.4 Å². The number of nitrogens with one attached hydrogen (secondary N) is 1. The summed E-state index contributed by atoms with van der Waals surface area (Å²) in [6, 6.07) is -1.06. The molecule has 0 aromatic heterocycles. The Balaban J connectivity index is 4.35. The first-order chi connectivity index (χ1) is 9.55. The molecule has 0 spiro atoms. The summed E-state index contributed by atoms with van der Waals surface area (Å²) >= 11 is 0. The number of carboxylic acid groups (broad SMARTS) is 1. The van der Waals surface area contributed by atoms with Crippen LogP contribution in [0.25, 0.3) is 0 Å². The van der Waals surface area contributed by atoms with Crippen LogP contribution in [0.4, 0.5) is 0 Å². The van der Waals surface area contributed by atoms with E-state index in [4.69, 9.17) is 5.11 Å². The Morgan fingerprint density at radius 2 is 1.81 bits per heavy atom. The monoisotopic (exact) mass is 301 g/mol. The molecule has 0 aliphatic rings. The van der Waals surface area contributed by atoms with Crippen LogP contribution in [-0.4, -0.2) is 36.1 Å². The Bertz CT molecular complexity index is 373. The Morgan fingerprint density at radius 3 is 2.24 bits per heavy atom. The van der Waals surface area contributed by atoms with Crippen LogP contribution in [0.3, 0.4) is 0 Å². The van der Waals surface area contributed by atoms with Crippen LogP contribution in [0.5, 0.6) is 0 Å². The number of carbonyl (C=O) groups is 3. The van der Waals surface area contributed by atoms with Crippen LogP contribution in [0.2, 0.25) is 0 Å². The minimum absolute atomic E-state index is 0.0292. The molecule has 2 N–H and O–H groups in total. The van der Waals surface area contributed by atoms with Gasteiger partial charge in [0.2, 0.25) is 5.91 Å². The molecular weight excluding hydrogens is 274 g/mol. The minimum Gasteiger partial charge on any atom is -0.480 e. The molecule has 0 saturated heterocycles. The smallest absolute Gasteiger partial charge is 0.326 e. The van der Waals surface area contributed by atoms with E-state index < -0.39 is 18.0 Å². The van der Waals surface area contributed by atoms with Gasteiger partial charge in [0, 0.05) is 12.8 Å². The molecule has 0 rings (SSSR count). The van der Waals surface area contributed by atoms with E-state index in [9.17, 15) is 14.4 Å².